The first-order valence-corrected chi connectivity index (χ1v) is 3.29. The van der Waals surface area contributed by atoms with E-state index in [1.54, 1.807) is 7.05 Å². The number of anilines is 1. The molecular weight excluding hydrogens is 148 g/mol. The van der Waals surface area contributed by atoms with Crippen molar-refractivity contribution in [1.29, 1.82) is 0 Å². The van der Waals surface area contributed by atoms with Gasteiger partial charge in [-0.1, -0.05) is 0 Å². The summed E-state index contributed by atoms with van der Waals surface area (Å²) in [5.74, 6) is -0.817. The Hall–Kier alpha value is -1.12. The van der Waals surface area contributed by atoms with Gasteiger partial charge in [0.1, 0.15) is 11.6 Å². The molecule has 0 bridgehead atoms. The standard InChI is InChI=1S/C8H9F2N/c1-5-6(9)3-4-7(10)8(5)11-2/h3-4,11H,1-2H3. The van der Waals surface area contributed by atoms with Crippen LogP contribution in [0.25, 0.3) is 0 Å². The summed E-state index contributed by atoms with van der Waals surface area (Å²) in [5, 5.41) is 2.59. The molecule has 0 atom stereocenters. The minimum atomic E-state index is -0.425. The zero-order chi connectivity index (χ0) is 8.43. The smallest absolute Gasteiger partial charge is 0.146 e. The number of nitrogens with one attached hydrogen (secondary N) is 1. The number of hydrogen-bond acceptors (Lipinski definition) is 1. The summed E-state index contributed by atoms with van der Waals surface area (Å²) in [7, 11) is 1.56. The molecule has 1 nitrogen and oxygen atoms in total. The molecule has 0 saturated carbocycles. The average molecular weight is 157 g/mol. The first-order chi connectivity index (χ1) is 5.16. The van der Waals surface area contributed by atoms with Crippen molar-refractivity contribution >= 4 is 5.69 Å². The summed E-state index contributed by atoms with van der Waals surface area (Å²) in [6, 6.07) is 2.22. The molecule has 0 saturated heterocycles. The van der Waals surface area contributed by atoms with Gasteiger partial charge in [-0.15, -0.1) is 0 Å². The molecule has 0 fully saturated rings. The molecule has 1 aromatic rings. The van der Waals surface area contributed by atoms with Gasteiger partial charge >= 0.3 is 0 Å². The third kappa shape index (κ3) is 1.31. The first kappa shape index (κ1) is 7.98. The van der Waals surface area contributed by atoms with Crippen LogP contribution >= 0.6 is 0 Å². The maximum Gasteiger partial charge on any atom is 0.146 e. The van der Waals surface area contributed by atoms with Crippen LogP contribution in [0.3, 0.4) is 0 Å². The van der Waals surface area contributed by atoms with Gasteiger partial charge in [-0.05, 0) is 19.1 Å². The van der Waals surface area contributed by atoms with Gasteiger partial charge in [0.2, 0.25) is 0 Å². The highest BCUT2D eigenvalue weighted by Gasteiger charge is 2.06. The van der Waals surface area contributed by atoms with Crippen molar-refractivity contribution in [3.8, 4) is 0 Å². The van der Waals surface area contributed by atoms with Crippen LogP contribution in [0.1, 0.15) is 5.56 Å². The minimum absolute atomic E-state index is 0.227. The molecule has 1 aromatic carbocycles. The molecule has 11 heavy (non-hydrogen) atoms. The summed E-state index contributed by atoms with van der Waals surface area (Å²) in [4.78, 5) is 0. The number of halogens is 2. The molecule has 0 amide bonds. The second kappa shape index (κ2) is 2.86. The van der Waals surface area contributed by atoms with E-state index >= 15 is 0 Å². The van der Waals surface area contributed by atoms with Crippen molar-refractivity contribution in [2.24, 2.45) is 0 Å². The van der Waals surface area contributed by atoms with E-state index in [9.17, 15) is 8.78 Å². The maximum atomic E-state index is 12.8. The maximum absolute atomic E-state index is 12.8. The van der Waals surface area contributed by atoms with E-state index in [2.05, 4.69) is 5.32 Å². The molecule has 0 heterocycles. The first-order valence-electron chi connectivity index (χ1n) is 3.29. The Balaban J connectivity index is 3.29. The molecule has 0 aliphatic rings. The lowest BCUT2D eigenvalue weighted by molar-refractivity contribution is 0.595. The van der Waals surface area contributed by atoms with Gasteiger partial charge in [0.15, 0.2) is 0 Å². The Morgan fingerprint density at radius 1 is 1.18 bits per heavy atom. The van der Waals surface area contributed by atoms with Gasteiger partial charge in [0, 0.05) is 12.6 Å². The summed E-state index contributed by atoms with van der Waals surface area (Å²) in [5.41, 5.74) is 0.539. The molecule has 0 aromatic heterocycles. The van der Waals surface area contributed by atoms with Crippen molar-refractivity contribution in [3.63, 3.8) is 0 Å². The predicted octanol–water partition coefficient (Wildman–Crippen LogP) is 2.31. The molecule has 0 aliphatic carbocycles. The Morgan fingerprint density at radius 2 is 1.73 bits per heavy atom. The fraction of sp³-hybridized carbons (Fsp3) is 0.250. The van der Waals surface area contributed by atoms with E-state index in [1.807, 2.05) is 0 Å². The minimum Gasteiger partial charge on any atom is -0.385 e. The van der Waals surface area contributed by atoms with E-state index in [0.717, 1.165) is 12.1 Å². The number of rotatable bonds is 1. The molecule has 0 radical (unpaired) electrons. The second-order valence-electron chi connectivity index (χ2n) is 2.28. The van der Waals surface area contributed by atoms with Gasteiger partial charge in [0.25, 0.3) is 0 Å². The van der Waals surface area contributed by atoms with Crippen LogP contribution in [-0.4, -0.2) is 7.05 Å². The van der Waals surface area contributed by atoms with E-state index in [1.165, 1.54) is 6.92 Å². The van der Waals surface area contributed by atoms with Crippen LogP contribution in [-0.2, 0) is 0 Å². The lowest BCUT2D eigenvalue weighted by atomic mass is 10.2. The number of hydrogen-bond donors (Lipinski definition) is 1. The van der Waals surface area contributed by atoms with Crippen LogP contribution in [0.4, 0.5) is 14.5 Å². The zero-order valence-electron chi connectivity index (χ0n) is 6.41. The molecule has 0 aliphatic heterocycles. The summed E-state index contributed by atoms with van der Waals surface area (Å²) in [6.45, 7) is 1.53. The van der Waals surface area contributed by atoms with E-state index in [4.69, 9.17) is 0 Å². The quantitative estimate of drug-likeness (QED) is 0.659. The van der Waals surface area contributed by atoms with Crippen molar-refractivity contribution in [2.75, 3.05) is 12.4 Å². The van der Waals surface area contributed by atoms with Gasteiger partial charge < -0.3 is 5.32 Å². The third-order valence-electron chi connectivity index (χ3n) is 1.60. The molecule has 0 unspecified atom stereocenters. The Kier molecular flexibility index (Phi) is 2.08. The fourth-order valence-electron chi connectivity index (χ4n) is 0.960. The van der Waals surface area contributed by atoms with Crippen LogP contribution in [0.2, 0.25) is 0 Å². The monoisotopic (exact) mass is 157 g/mol. The lowest BCUT2D eigenvalue weighted by Gasteiger charge is -2.05. The van der Waals surface area contributed by atoms with Gasteiger partial charge in [-0.3, -0.25) is 0 Å². The highest BCUT2D eigenvalue weighted by atomic mass is 19.1. The molecule has 1 N–H and O–H groups in total. The third-order valence-corrected chi connectivity index (χ3v) is 1.60. The summed E-state index contributed by atoms with van der Waals surface area (Å²) < 4.78 is 25.5. The molecule has 3 heteroatoms. The van der Waals surface area contributed by atoms with E-state index < -0.39 is 11.6 Å². The van der Waals surface area contributed by atoms with Crippen molar-refractivity contribution in [2.45, 2.75) is 6.92 Å². The van der Waals surface area contributed by atoms with Crippen LogP contribution in [0.15, 0.2) is 12.1 Å². The van der Waals surface area contributed by atoms with Gasteiger partial charge in [0.05, 0.1) is 5.69 Å². The summed E-state index contributed by atoms with van der Waals surface area (Å²) >= 11 is 0. The molecule has 60 valence electrons. The van der Waals surface area contributed by atoms with E-state index in [-0.39, 0.29) is 5.69 Å². The molecular formula is C8H9F2N. The van der Waals surface area contributed by atoms with Crippen LogP contribution in [0, 0.1) is 18.6 Å². The zero-order valence-corrected chi connectivity index (χ0v) is 6.41. The van der Waals surface area contributed by atoms with Crippen molar-refractivity contribution in [1.82, 2.24) is 0 Å². The molecule has 1 rings (SSSR count). The topological polar surface area (TPSA) is 12.0 Å². The highest BCUT2D eigenvalue weighted by molar-refractivity contribution is 5.51. The Morgan fingerprint density at radius 3 is 2.18 bits per heavy atom. The van der Waals surface area contributed by atoms with E-state index in [0.29, 0.717) is 5.56 Å². The van der Waals surface area contributed by atoms with Crippen molar-refractivity contribution in [3.05, 3.63) is 29.3 Å². The van der Waals surface area contributed by atoms with Crippen LogP contribution in [0.5, 0.6) is 0 Å². The van der Waals surface area contributed by atoms with Gasteiger partial charge in [-0.2, -0.15) is 0 Å². The fourth-order valence-corrected chi connectivity index (χ4v) is 0.960. The average Bonchev–Trinajstić information content (AvgIpc) is 1.99. The largest absolute Gasteiger partial charge is 0.385 e. The van der Waals surface area contributed by atoms with Crippen molar-refractivity contribution < 1.29 is 8.78 Å². The SMILES string of the molecule is CNc1c(F)ccc(F)c1C. The Bertz CT molecular complexity index is 271. The number of benzene rings is 1. The second-order valence-corrected chi connectivity index (χ2v) is 2.28. The normalized spacial score (nSPS) is 9.82. The van der Waals surface area contributed by atoms with Gasteiger partial charge in [-0.25, -0.2) is 8.78 Å². The van der Waals surface area contributed by atoms with Crippen LogP contribution < -0.4 is 5.32 Å². The summed E-state index contributed by atoms with van der Waals surface area (Å²) in [6.07, 6.45) is 0. The molecule has 0 spiro atoms. The predicted molar refractivity (Wildman–Crippen MR) is 40.6 cm³/mol. The lowest BCUT2D eigenvalue weighted by Crippen LogP contribution is -1.97. The Labute approximate surface area is 64.0 Å². The highest BCUT2D eigenvalue weighted by Crippen LogP contribution is 2.20.